The van der Waals surface area contributed by atoms with E-state index in [1.165, 1.54) is 6.42 Å². The summed E-state index contributed by atoms with van der Waals surface area (Å²) >= 11 is 0. The summed E-state index contributed by atoms with van der Waals surface area (Å²) in [4.78, 5) is 28.6. The topological polar surface area (TPSA) is 66.9 Å². The van der Waals surface area contributed by atoms with Crippen molar-refractivity contribution in [3.05, 3.63) is 68.8 Å². The Labute approximate surface area is 171 Å². The fourth-order valence-electron chi connectivity index (χ4n) is 4.21. The molecule has 1 aromatic carbocycles. The van der Waals surface area contributed by atoms with Crippen LogP contribution in [0.5, 0.6) is 0 Å². The van der Waals surface area contributed by atoms with Gasteiger partial charge in [0.1, 0.15) is 0 Å². The number of hydrogen-bond donors (Lipinski definition) is 2. The third-order valence-electron chi connectivity index (χ3n) is 6.13. The van der Waals surface area contributed by atoms with E-state index in [1.807, 2.05) is 32.2 Å². The molecule has 3 aromatic rings. The maximum atomic E-state index is 13.0. The molecule has 0 unspecified atom stereocenters. The highest BCUT2D eigenvalue weighted by atomic mass is 16.1. The average Bonchev–Trinajstić information content (AvgIpc) is 3.02. The highest BCUT2D eigenvalue weighted by Crippen LogP contribution is 2.35. The molecule has 2 N–H and O–H groups in total. The fraction of sp³-hybridized carbons (Fsp3) is 0.417. The van der Waals surface area contributed by atoms with Crippen molar-refractivity contribution in [2.45, 2.75) is 65.5 Å². The van der Waals surface area contributed by atoms with Gasteiger partial charge in [-0.2, -0.15) is 0 Å². The van der Waals surface area contributed by atoms with E-state index in [9.17, 15) is 9.59 Å². The summed E-state index contributed by atoms with van der Waals surface area (Å²) in [6.45, 7) is 8.44. The number of benzene rings is 1. The van der Waals surface area contributed by atoms with Crippen LogP contribution in [0.25, 0.3) is 10.9 Å². The monoisotopic (exact) mass is 391 g/mol. The van der Waals surface area contributed by atoms with Gasteiger partial charge in [0.15, 0.2) is 0 Å². The minimum absolute atomic E-state index is 0.0902. The molecule has 152 valence electrons. The first kappa shape index (κ1) is 19.5. The van der Waals surface area contributed by atoms with Gasteiger partial charge in [0, 0.05) is 46.5 Å². The van der Waals surface area contributed by atoms with E-state index in [2.05, 4.69) is 40.8 Å². The third kappa shape index (κ3) is 3.61. The number of carbonyl (C=O) groups is 1. The number of aryl methyl sites for hydroxylation is 2. The Hall–Kier alpha value is -2.82. The first-order valence-corrected chi connectivity index (χ1v) is 10.5. The number of nitrogens with zero attached hydrogens (tertiary/aromatic N) is 1. The molecule has 1 aliphatic rings. The Morgan fingerprint density at radius 1 is 1.24 bits per heavy atom. The van der Waals surface area contributed by atoms with Crippen LogP contribution in [0.15, 0.2) is 35.3 Å². The SMILES string of the molecule is Cc1cc(C(=O)NCc2c(C)cc(C3CCC3)[nH]c2=O)c2ccn(C(C)C)c2c1. The van der Waals surface area contributed by atoms with Crippen molar-refractivity contribution in [1.82, 2.24) is 14.9 Å². The predicted octanol–water partition coefficient (Wildman–Crippen LogP) is 4.72. The number of hydrogen-bond acceptors (Lipinski definition) is 2. The molecule has 0 spiro atoms. The van der Waals surface area contributed by atoms with Crippen molar-refractivity contribution >= 4 is 16.8 Å². The molecule has 5 nitrogen and oxygen atoms in total. The zero-order valence-corrected chi connectivity index (χ0v) is 17.6. The van der Waals surface area contributed by atoms with Crippen LogP contribution in [-0.4, -0.2) is 15.5 Å². The summed E-state index contributed by atoms with van der Waals surface area (Å²) in [5.41, 5.74) is 5.27. The predicted molar refractivity (Wildman–Crippen MR) is 117 cm³/mol. The number of nitrogens with one attached hydrogen (secondary N) is 2. The second kappa shape index (κ2) is 7.54. The molecule has 4 rings (SSSR count). The van der Waals surface area contributed by atoms with Crippen molar-refractivity contribution in [3.63, 3.8) is 0 Å². The van der Waals surface area contributed by atoms with Crippen molar-refractivity contribution in [2.75, 3.05) is 0 Å². The zero-order valence-electron chi connectivity index (χ0n) is 17.6. The van der Waals surface area contributed by atoms with Gasteiger partial charge in [-0.05, 0) is 81.8 Å². The molecule has 0 bridgehead atoms. The molecule has 1 amide bonds. The average molecular weight is 392 g/mol. The van der Waals surface area contributed by atoms with Crippen molar-refractivity contribution in [2.24, 2.45) is 0 Å². The second-order valence-electron chi connectivity index (χ2n) is 8.59. The fourth-order valence-corrected chi connectivity index (χ4v) is 4.21. The van der Waals surface area contributed by atoms with E-state index in [4.69, 9.17) is 0 Å². The lowest BCUT2D eigenvalue weighted by Crippen LogP contribution is -2.29. The first-order valence-electron chi connectivity index (χ1n) is 10.5. The molecule has 29 heavy (non-hydrogen) atoms. The van der Waals surface area contributed by atoms with Crippen LogP contribution in [-0.2, 0) is 6.54 Å². The molecule has 0 radical (unpaired) electrons. The zero-order chi connectivity index (χ0) is 20.7. The van der Waals surface area contributed by atoms with Crippen LogP contribution in [0.4, 0.5) is 0 Å². The number of aromatic amines is 1. The van der Waals surface area contributed by atoms with Crippen LogP contribution in [0.1, 0.15) is 77.8 Å². The third-order valence-corrected chi connectivity index (χ3v) is 6.13. The molecular weight excluding hydrogens is 362 g/mol. The van der Waals surface area contributed by atoms with Gasteiger partial charge in [-0.15, -0.1) is 0 Å². The number of amides is 1. The molecule has 0 aliphatic heterocycles. The summed E-state index contributed by atoms with van der Waals surface area (Å²) in [6.07, 6.45) is 5.54. The lowest BCUT2D eigenvalue weighted by molar-refractivity contribution is 0.0952. The lowest BCUT2D eigenvalue weighted by atomic mass is 9.82. The van der Waals surface area contributed by atoms with Gasteiger partial charge in [-0.3, -0.25) is 9.59 Å². The molecule has 2 aromatic heterocycles. The normalized spacial score (nSPS) is 14.4. The van der Waals surface area contributed by atoms with Crippen molar-refractivity contribution < 1.29 is 4.79 Å². The standard InChI is InChI=1S/C24H29N3O2/c1-14(2)27-9-8-18-19(10-15(3)11-22(18)27)23(28)25-13-20-16(4)12-21(26-24(20)29)17-6-5-7-17/h8-12,14,17H,5-7,13H2,1-4H3,(H,25,28)(H,26,29). The molecule has 1 saturated carbocycles. The lowest BCUT2D eigenvalue weighted by Gasteiger charge is -2.25. The Morgan fingerprint density at radius 2 is 2.00 bits per heavy atom. The Bertz CT molecular complexity index is 1130. The number of aromatic nitrogens is 2. The maximum Gasteiger partial charge on any atom is 0.253 e. The molecular formula is C24H29N3O2. The molecule has 0 atom stereocenters. The number of carbonyl (C=O) groups excluding carboxylic acids is 1. The van der Waals surface area contributed by atoms with Gasteiger partial charge >= 0.3 is 0 Å². The van der Waals surface area contributed by atoms with Crippen LogP contribution in [0.2, 0.25) is 0 Å². The highest BCUT2D eigenvalue weighted by Gasteiger charge is 2.22. The van der Waals surface area contributed by atoms with Gasteiger partial charge in [-0.25, -0.2) is 0 Å². The van der Waals surface area contributed by atoms with Crippen LogP contribution >= 0.6 is 0 Å². The summed E-state index contributed by atoms with van der Waals surface area (Å²) < 4.78 is 2.17. The van der Waals surface area contributed by atoms with Gasteiger partial charge in [0.2, 0.25) is 0 Å². The van der Waals surface area contributed by atoms with E-state index >= 15 is 0 Å². The largest absolute Gasteiger partial charge is 0.348 e. The smallest absolute Gasteiger partial charge is 0.253 e. The summed E-state index contributed by atoms with van der Waals surface area (Å²) in [6, 6.07) is 8.41. The second-order valence-corrected chi connectivity index (χ2v) is 8.59. The van der Waals surface area contributed by atoms with Gasteiger partial charge in [0.25, 0.3) is 11.5 Å². The molecule has 2 heterocycles. The van der Waals surface area contributed by atoms with Crippen LogP contribution in [0.3, 0.4) is 0 Å². The number of rotatable bonds is 5. The van der Waals surface area contributed by atoms with Gasteiger partial charge in [0.05, 0.1) is 0 Å². The van der Waals surface area contributed by atoms with Crippen LogP contribution in [0, 0.1) is 13.8 Å². The molecule has 0 saturated heterocycles. The van der Waals surface area contributed by atoms with Crippen molar-refractivity contribution in [3.8, 4) is 0 Å². The molecule has 1 aliphatic carbocycles. The summed E-state index contributed by atoms with van der Waals surface area (Å²) in [7, 11) is 0. The Balaban J connectivity index is 1.58. The minimum atomic E-state index is -0.151. The minimum Gasteiger partial charge on any atom is -0.348 e. The molecule has 1 fully saturated rings. The summed E-state index contributed by atoms with van der Waals surface area (Å²) in [5.74, 6) is 0.331. The van der Waals surface area contributed by atoms with E-state index in [1.54, 1.807) is 0 Å². The summed E-state index contributed by atoms with van der Waals surface area (Å²) in [5, 5.41) is 3.90. The van der Waals surface area contributed by atoms with E-state index in [0.29, 0.717) is 23.1 Å². The maximum absolute atomic E-state index is 13.0. The van der Waals surface area contributed by atoms with E-state index in [0.717, 1.165) is 40.6 Å². The first-order chi connectivity index (χ1) is 13.8. The van der Waals surface area contributed by atoms with E-state index < -0.39 is 0 Å². The van der Waals surface area contributed by atoms with Crippen molar-refractivity contribution in [1.29, 1.82) is 0 Å². The van der Waals surface area contributed by atoms with Gasteiger partial charge < -0.3 is 14.9 Å². The number of fused-ring (bicyclic) bond motifs is 1. The van der Waals surface area contributed by atoms with Crippen LogP contribution < -0.4 is 10.9 Å². The van der Waals surface area contributed by atoms with Gasteiger partial charge in [-0.1, -0.05) is 6.42 Å². The Kier molecular flexibility index (Phi) is 5.07. The molecule has 5 heteroatoms. The quantitative estimate of drug-likeness (QED) is 0.660. The van der Waals surface area contributed by atoms with E-state index in [-0.39, 0.29) is 18.0 Å². The highest BCUT2D eigenvalue weighted by molar-refractivity contribution is 6.07. The number of pyridine rings is 1. The number of H-pyrrole nitrogens is 1. The Morgan fingerprint density at radius 3 is 2.62 bits per heavy atom.